The van der Waals surface area contributed by atoms with Crippen molar-refractivity contribution in [3.8, 4) is 11.8 Å². The maximum Gasteiger partial charge on any atom is 0.490 e. The molecule has 1 aromatic rings. The number of hydrogen-bond acceptors (Lipinski definition) is 13. The number of hydrogen-bond donors (Lipinski definition) is 6. The fourth-order valence-electron chi connectivity index (χ4n) is 3.49. The average molecular weight is 647 g/mol. The van der Waals surface area contributed by atoms with E-state index in [0.717, 1.165) is 23.8 Å². The molecule has 3 unspecified atom stereocenters. The van der Waals surface area contributed by atoms with Gasteiger partial charge in [-0.2, -0.15) is 13.6 Å². The Bertz CT molecular complexity index is 1340. The molecule has 2 heterocycles. The third kappa shape index (κ3) is 12.0. The Morgan fingerprint density at radius 3 is 2.54 bits per heavy atom. The van der Waals surface area contributed by atoms with Crippen molar-refractivity contribution in [3.63, 3.8) is 0 Å². The lowest BCUT2D eigenvalue weighted by molar-refractivity contribution is -0.146. The largest absolute Gasteiger partial charge is 0.490 e. The second kappa shape index (κ2) is 15.0. The molecule has 0 spiro atoms. The lowest BCUT2D eigenvalue weighted by atomic mass is 10.0. The summed E-state index contributed by atoms with van der Waals surface area (Å²) in [6, 6.07) is 0. The van der Waals surface area contributed by atoms with Gasteiger partial charge < -0.3 is 39.9 Å². The number of aliphatic hydroxyl groups is 1. The van der Waals surface area contributed by atoms with Crippen LogP contribution in [-0.2, 0) is 41.1 Å². The van der Waals surface area contributed by atoms with E-state index in [4.69, 9.17) is 25.0 Å². The molecule has 1 aliphatic heterocycles. The van der Waals surface area contributed by atoms with Gasteiger partial charge in [-0.05, 0) is 6.42 Å². The molecule has 41 heavy (non-hydrogen) atoms. The molecule has 0 amide bonds. The van der Waals surface area contributed by atoms with E-state index in [0.29, 0.717) is 6.42 Å². The van der Waals surface area contributed by atoms with Crippen LogP contribution in [0, 0.1) is 17.8 Å². The smallest absolute Gasteiger partial charge is 0.452 e. The molecule has 232 valence electrons. The first kappa shape index (κ1) is 35.2. The van der Waals surface area contributed by atoms with Gasteiger partial charge in [0.1, 0.15) is 18.1 Å². The first-order valence-corrected chi connectivity index (χ1v) is 16.6. The summed E-state index contributed by atoms with van der Waals surface area (Å²) in [5, 5.41) is 10.3. The molecule has 21 heteroatoms. The summed E-state index contributed by atoms with van der Waals surface area (Å²) < 4.78 is 57.3. The quantitative estimate of drug-likeness (QED) is 0.0709. The van der Waals surface area contributed by atoms with Crippen molar-refractivity contribution in [3.05, 3.63) is 22.2 Å². The monoisotopic (exact) mass is 647 g/mol. The molecule has 0 saturated carbocycles. The van der Waals surface area contributed by atoms with Crippen molar-refractivity contribution >= 4 is 35.3 Å². The van der Waals surface area contributed by atoms with Gasteiger partial charge in [0.25, 0.3) is 0 Å². The minimum absolute atomic E-state index is 0.0754. The van der Waals surface area contributed by atoms with Crippen molar-refractivity contribution in [1.29, 1.82) is 0 Å². The van der Waals surface area contributed by atoms with Gasteiger partial charge in [-0.15, -0.1) is 0 Å². The fourth-order valence-corrected chi connectivity index (χ4v) is 6.52. The number of nitrogen functional groups attached to an aromatic ring is 1. The second-order valence-corrected chi connectivity index (χ2v) is 13.3. The summed E-state index contributed by atoms with van der Waals surface area (Å²) in [4.78, 5) is 64.0. The molecule has 2 rings (SSSR count). The van der Waals surface area contributed by atoms with Crippen molar-refractivity contribution in [2.24, 2.45) is 5.92 Å². The van der Waals surface area contributed by atoms with Crippen LogP contribution >= 0.6 is 23.5 Å². The maximum absolute atomic E-state index is 12.4. The molecule has 1 fully saturated rings. The van der Waals surface area contributed by atoms with E-state index < -0.39 is 60.2 Å². The van der Waals surface area contributed by atoms with E-state index in [1.807, 2.05) is 0 Å². The summed E-state index contributed by atoms with van der Waals surface area (Å²) in [5.74, 6) is 4.33. The van der Waals surface area contributed by atoms with Gasteiger partial charge in [-0.1, -0.05) is 45.0 Å². The van der Waals surface area contributed by atoms with Crippen LogP contribution in [0.15, 0.2) is 11.0 Å². The molecule has 1 saturated heterocycles. The summed E-state index contributed by atoms with van der Waals surface area (Å²) in [6.07, 6.45) is 0.644. The number of aromatic nitrogens is 2. The molecule has 0 aromatic carbocycles. The highest BCUT2D eigenvalue weighted by atomic mass is 31.3. The fraction of sp³-hybridized carbons (Fsp3) is 0.650. The Hall–Kier alpha value is -1.96. The van der Waals surface area contributed by atoms with Gasteiger partial charge in [0.15, 0.2) is 6.61 Å². The molecule has 6 atom stereocenters. The topological polar surface area (TPSA) is 276 Å². The highest BCUT2D eigenvalue weighted by Gasteiger charge is 2.43. The number of phosphoric acid groups is 3. The summed E-state index contributed by atoms with van der Waals surface area (Å²) in [5.41, 5.74) is 4.96. The molecular formula is C20H32N3O15P3. The average Bonchev–Trinajstić information content (AvgIpc) is 3.19. The van der Waals surface area contributed by atoms with Crippen LogP contribution < -0.4 is 11.4 Å². The Morgan fingerprint density at radius 2 is 1.90 bits per heavy atom. The molecule has 7 N–H and O–H groups in total. The summed E-state index contributed by atoms with van der Waals surface area (Å²) in [6.45, 7) is 2.65. The van der Waals surface area contributed by atoms with Gasteiger partial charge in [0, 0.05) is 12.6 Å². The number of phosphoric ester groups is 1. The summed E-state index contributed by atoms with van der Waals surface area (Å²) >= 11 is 0. The van der Waals surface area contributed by atoms with E-state index >= 15 is 0 Å². The Labute approximate surface area is 234 Å². The number of anilines is 1. The SMILES string of the molecule is CCCCCC(C)C(=O)OCC#Cc1cn([C@H]2C[C@@H](O)[C@@H](COP(=O)(O)OP(=O)(O)OP(=O)(O)O)O2)c(=O)nc1N. The van der Waals surface area contributed by atoms with Crippen molar-refractivity contribution < 1.29 is 65.8 Å². The predicted molar refractivity (Wildman–Crippen MR) is 138 cm³/mol. The Kier molecular flexibility index (Phi) is 12.9. The number of nitrogens with two attached hydrogens (primary N) is 1. The first-order valence-electron chi connectivity index (χ1n) is 12.1. The maximum atomic E-state index is 12.4. The number of nitrogens with zero attached hydrogens (tertiary/aromatic N) is 2. The second-order valence-electron chi connectivity index (χ2n) is 8.85. The summed E-state index contributed by atoms with van der Waals surface area (Å²) in [7, 11) is -16.8. The van der Waals surface area contributed by atoms with Crippen LogP contribution in [0.25, 0.3) is 0 Å². The van der Waals surface area contributed by atoms with Gasteiger partial charge in [0.05, 0.1) is 24.2 Å². The number of ether oxygens (including phenoxy) is 2. The standard InChI is InChI=1S/C20H32N3O15P3/c1-3-4-5-7-13(2)19(25)34-9-6-8-14-11-23(20(26)22-18(14)21)17-10-15(24)16(36-17)12-35-40(30,31)38-41(32,33)37-39(27,28)29/h11,13,15-17,24H,3-5,7,9-10,12H2,1-2H3,(H,30,31)(H,32,33)(H2,21,22,26)(H2,27,28,29)/t13?,15-,16-,17-/m1/s1. The molecule has 0 radical (unpaired) electrons. The van der Waals surface area contributed by atoms with E-state index in [2.05, 4.69) is 36.9 Å². The third-order valence-electron chi connectivity index (χ3n) is 5.47. The van der Waals surface area contributed by atoms with E-state index in [1.165, 1.54) is 6.20 Å². The molecule has 0 bridgehead atoms. The molecule has 18 nitrogen and oxygen atoms in total. The predicted octanol–water partition coefficient (Wildman–Crippen LogP) is 0.928. The van der Waals surface area contributed by atoms with Gasteiger partial charge in [0.2, 0.25) is 0 Å². The lowest BCUT2D eigenvalue weighted by Crippen LogP contribution is -2.29. The van der Waals surface area contributed by atoms with Crippen molar-refractivity contribution in [1.82, 2.24) is 9.55 Å². The molecule has 0 aliphatic carbocycles. The van der Waals surface area contributed by atoms with Crippen LogP contribution in [0.1, 0.15) is 57.7 Å². The number of carbonyl (C=O) groups excluding carboxylic acids is 1. The van der Waals surface area contributed by atoms with Gasteiger partial charge in [-0.25, -0.2) is 18.5 Å². The zero-order valence-electron chi connectivity index (χ0n) is 22.0. The van der Waals surface area contributed by atoms with E-state index in [-0.39, 0.29) is 30.3 Å². The number of carbonyl (C=O) groups is 1. The Morgan fingerprint density at radius 1 is 1.22 bits per heavy atom. The lowest BCUT2D eigenvalue weighted by Gasteiger charge is -2.19. The number of unbranched alkanes of at least 4 members (excludes halogenated alkanes) is 2. The molecule has 1 aromatic heterocycles. The number of esters is 1. The van der Waals surface area contributed by atoms with Crippen LogP contribution in [0.3, 0.4) is 0 Å². The van der Waals surface area contributed by atoms with E-state index in [1.54, 1.807) is 6.92 Å². The van der Waals surface area contributed by atoms with Crippen LogP contribution in [0.5, 0.6) is 0 Å². The zero-order chi connectivity index (χ0) is 31.0. The highest BCUT2D eigenvalue weighted by Crippen LogP contribution is 2.66. The van der Waals surface area contributed by atoms with Crippen LogP contribution in [-0.4, -0.2) is 65.6 Å². The minimum atomic E-state index is -5.73. The van der Waals surface area contributed by atoms with Crippen LogP contribution in [0.4, 0.5) is 5.82 Å². The molecular weight excluding hydrogens is 615 g/mol. The zero-order valence-corrected chi connectivity index (χ0v) is 24.7. The normalized spacial score (nSPS) is 22.7. The van der Waals surface area contributed by atoms with Gasteiger partial charge in [-0.3, -0.25) is 13.9 Å². The number of aliphatic hydroxyl groups excluding tert-OH is 1. The third-order valence-corrected chi connectivity index (χ3v) is 9.27. The van der Waals surface area contributed by atoms with E-state index in [9.17, 15) is 38.2 Å². The molecule has 1 aliphatic rings. The van der Waals surface area contributed by atoms with Crippen molar-refractivity contribution in [2.45, 2.75) is 64.4 Å². The Balaban J connectivity index is 2.02. The minimum Gasteiger partial charge on any atom is -0.452 e. The highest BCUT2D eigenvalue weighted by molar-refractivity contribution is 7.66. The van der Waals surface area contributed by atoms with Crippen LogP contribution in [0.2, 0.25) is 0 Å². The van der Waals surface area contributed by atoms with Gasteiger partial charge >= 0.3 is 35.1 Å². The van der Waals surface area contributed by atoms with Crippen molar-refractivity contribution in [2.75, 3.05) is 18.9 Å². The number of rotatable bonds is 14. The first-order chi connectivity index (χ1) is 18.9.